The van der Waals surface area contributed by atoms with Crippen LogP contribution in [0.4, 0.5) is 5.69 Å². The van der Waals surface area contributed by atoms with Gasteiger partial charge in [-0.25, -0.2) is 0 Å². The van der Waals surface area contributed by atoms with E-state index in [-0.39, 0.29) is 24.0 Å². The number of anilines is 1. The number of imide groups is 2. The summed E-state index contributed by atoms with van der Waals surface area (Å²) in [5.74, 6) is -2.56. The van der Waals surface area contributed by atoms with Crippen LogP contribution in [-0.4, -0.2) is 53.9 Å². The van der Waals surface area contributed by atoms with Crippen molar-refractivity contribution in [3.8, 4) is 0 Å². The minimum absolute atomic E-state index is 0.0736. The Morgan fingerprint density at radius 1 is 1.15 bits per heavy atom. The molecule has 4 amide bonds. The number of hydrogen-bond donors (Lipinski definition) is 1. The van der Waals surface area contributed by atoms with Crippen molar-refractivity contribution in [3.63, 3.8) is 0 Å². The van der Waals surface area contributed by atoms with Crippen LogP contribution < -0.4 is 10.2 Å². The summed E-state index contributed by atoms with van der Waals surface area (Å²) in [5, 5.41) is 2.17. The van der Waals surface area contributed by atoms with Gasteiger partial charge in [-0.1, -0.05) is 0 Å². The molecule has 2 fully saturated rings. The molecular weight excluding hydrogens is 350 g/mol. The van der Waals surface area contributed by atoms with Crippen LogP contribution in [0.25, 0.3) is 0 Å². The van der Waals surface area contributed by atoms with Gasteiger partial charge in [0.15, 0.2) is 0 Å². The second kappa shape index (κ2) is 6.61. The van der Waals surface area contributed by atoms with Gasteiger partial charge in [0, 0.05) is 32.5 Å². The lowest BCUT2D eigenvalue weighted by molar-refractivity contribution is -0.136. The maximum atomic E-state index is 12.9. The molecule has 8 nitrogen and oxygen atoms in total. The fourth-order valence-corrected chi connectivity index (χ4v) is 3.85. The van der Waals surface area contributed by atoms with Crippen molar-refractivity contribution in [2.75, 3.05) is 18.0 Å². The number of nitrogens with one attached hydrogen (secondary N) is 1. The number of piperidine rings is 2. The molecule has 3 aliphatic heterocycles. The minimum Gasteiger partial charge on any atom is -0.371 e. The van der Waals surface area contributed by atoms with E-state index in [1.165, 1.54) is 0 Å². The van der Waals surface area contributed by atoms with Crippen molar-refractivity contribution < 1.29 is 25.3 Å². The largest absolute Gasteiger partial charge is 0.371 e. The second-order valence-corrected chi connectivity index (χ2v) is 6.95. The number of hydrogen-bond acceptors (Lipinski definition) is 6. The third-order valence-corrected chi connectivity index (χ3v) is 5.26. The number of benzene rings is 1. The Hall–Kier alpha value is -3.03. The lowest BCUT2D eigenvalue weighted by Gasteiger charge is -2.32. The highest BCUT2D eigenvalue weighted by molar-refractivity contribution is 6.23. The zero-order valence-electron chi connectivity index (χ0n) is 15.5. The van der Waals surface area contributed by atoms with Crippen LogP contribution in [0.1, 0.15) is 47.7 Å². The van der Waals surface area contributed by atoms with Gasteiger partial charge in [0.1, 0.15) is 12.3 Å². The number of carbonyl (C=O) groups excluding carboxylic acids is 5. The van der Waals surface area contributed by atoms with E-state index in [4.69, 9.17) is 1.37 Å². The topological polar surface area (TPSA) is 104 Å². The lowest BCUT2D eigenvalue weighted by Crippen LogP contribution is -2.54. The van der Waals surface area contributed by atoms with Crippen molar-refractivity contribution >= 4 is 35.6 Å². The van der Waals surface area contributed by atoms with Gasteiger partial charge in [-0.05, 0) is 37.4 Å². The summed E-state index contributed by atoms with van der Waals surface area (Å²) in [5.41, 5.74) is 1.13. The maximum absolute atomic E-state index is 12.9. The van der Waals surface area contributed by atoms with E-state index in [2.05, 4.69) is 5.32 Å². The van der Waals surface area contributed by atoms with Gasteiger partial charge in [-0.3, -0.25) is 29.4 Å². The molecule has 1 aromatic rings. The van der Waals surface area contributed by atoms with E-state index in [0.29, 0.717) is 25.2 Å². The van der Waals surface area contributed by atoms with E-state index >= 15 is 0 Å². The highest BCUT2D eigenvalue weighted by Crippen LogP contribution is 2.31. The molecule has 8 heteroatoms. The summed E-state index contributed by atoms with van der Waals surface area (Å²) in [4.78, 5) is 63.1. The van der Waals surface area contributed by atoms with Crippen molar-refractivity contribution in [1.29, 1.82) is 0 Å². The highest BCUT2D eigenvalue weighted by atomic mass is 16.2. The molecule has 0 spiro atoms. The Bertz CT molecular complexity index is 902. The molecule has 0 aromatic heterocycles. The van der Waals surface area contributed by atoms with Crippen LogP contribution in [-0.2, 0) is 14.4 Å². The number of fused-ring (bicyclic) bond motifs is 1. The molecule has 0 radical (unpaired) electrons. The number of aldehydes is 1. The number of rotatable bonds is 3. The number of nitrogens with zero attached hydrogens (tertiary/aromatic N) is 2. The standard InChI is InChI=1S/C19H19N3O5/c23-10-11-2-1-7-21(9-11)12-3-4-13-14(8-12)19(27)22(18(13)26)15-5-6-16(24)20-17(15)25/h3-4,8,10-11,15H,1-2,5-7,9H2,(H,20,24,25)/i2D. The minimum atomic E-state index is -0.993. The molecule has 3 atom stereocenters. The van der Waals surface area contributed by atoms with E-state index in [0.717, 1.165) is 11.2 Å². The Morgan fingerprint density at radius 2 is 1.93 bits per heavy atom. The first-order valence-electron chi connectivity index (χ1n) is 9.46. The normalized spacial score (nSPS) is 28.7. The van der Waals surface area contributed by atoms with Crippen LogP contribution in [0, 0.1) is 5.92 Å². The van der Waals surface area contributed by atoms with Gasteiger partial charge in [-0.2, -0.15) is 0 Å². The highest BCUT2D eigenvalue weighted by Gasteiger charge is 2.44. The molecule has 3 aliphatic rings. The van der Waals surface area contributed by atoms with Crippen LogP contribution in [0.15, 0.2) is 18.2 Å². The summed E-state index contributed by atoms with van der Waals surface area (Å²) in [6, 6.07) is 3.88. The lowest BCUT2D eigenvalue weighted by atomic mass is 9.98. The van der Waals surface area contributed by atoms with Crippen molar-refractivity contribution in [2.45, 2.75) is 31.7 Å². The average Bonchev–Trinajstić information content (AvgIpc) is 2.93. The molecule has 3 heterocycles. The smallest absolute Gasteiger partial charge is 0.262 e. The number of carbonyl (C=O) groups is 5. The molecule has 1 aromatic carbocycles. The molecule has 140 valence electrons. The molecular formula is C19H19N3O5. The zero-order valence-corrected chi connectivity index (χ0v) is 14.5. The van der Waals surface area contributed by atoms with E-state index in [9.17, 15) is 24.0 Å². The second-order valence-electron chi connectivity index (χ2n) is 6.95. The summed E-state index contributed by atoms with van der Waals surface area (Å²) in [7, 11) is 0. The van der Waals surface area contributed by atoms with Crippen molar-refractivity contribution in [2.24, 2.45) is 5.92 Å². The van der Waals surface area contributed by atoms with Gasteiger partial charge in [0.2, 0.25) is 11.8 Å². The van der Waals surface area contributed by atoms with Gasteiger partial charge in [0.25, 0.3) is 11.8 Å². The SMILES string of the molecule is [2H]C1CCN(c2ccc3c(c2)C(=O)N(C2CCC(=O)NC2=O)C3=O)CC1C=O. The summed E-state index contributed by atoms with van der Waals surface area (Å²) >= 11 is 0. The monoisotopic (exact) mass is 370 g/mol. The summed E-state index contributed by atoms with van der Waals surface area (Å²) < 4.78 is 7.91. The molecule has 27 heavy (non-hydrogen) atoms. The molecule has 4 rings (SSSR count). The molecule has 0 saturated carbocycles. The molecule has 0 aliphatic carbocycles. The fraction of sp³-hybridized carbons (Fsp3) is 0.421. The Kier molecular flexibility index (Phi) is 3.95. The van der Waals surface area contributed by atoms with Crippen LogP contribution in [0.5, 0.6) is 0 Å². The molecule has 1 N–H and O–H groups in total. The third kappa shape index (κ3) is 2.90. The Balaban J connectivity index is 1.60. The van der Waals surface area contributed by atoms with Crippen LogP contribution >= 0.6 is 0 Å². The predicted octanol–water partition coefficient (Wildman–Crippen LogP) is 0.503. The van der Waals surface area contributed by atoms with E-state index in [1.54, 1.807) is 18.2 Å². The van der Waals surface area contributed by atoms with Gasteiger partial charge >= 0.3 is 0 Å². The maximum Gasteiger partial charge on any atom is 0.262 e. The molecule has 2 saturated heterocycles. The first-order valence-corrected chi connectivity index (χ1v) is 8.89. The van der Waals surface area contributed by atoms with Crippen molar-refractivity contribution in [1.82, 2.24) is 10.2 Å². The molecule has 3 unspecified atom stereocenters. The van der Waals surface area contributed by atoms with Gasteiger partial charge < -0.3 is 9.69 Å². The van der Waals surface area contributed by atoms with Crippen LogP contribution in [0.3, 0.4) is 0 Å². The van der Waals surface area contributed by atoms with Crippen molar-refractivity contribution in [3.05, 3.63) is 29.3 Å². The van der Waals surface area contributed by atoms with Gasteiger partial charge in [-0.15, -0.1) is 0 Å². The Labute approximate surface area is 156 Å². The van der Waals surface area contributed by atoms with Crippen LogP contribution in [0.2, 0.25) is 0 Å². The van der Waals surface area contributed by atoms with Gasteiger partial charge in [0.05, 0.1) is 11.1 Å². The quantitative estimate of drug-likeness (QED) is 0.614. The number of amides is 4. The summed E-state index contributed by atoms with van der Waals surface area (Å²) in [6.07, 6.45) is 1.08. The first-order chi connectivity index (χ1) is 13.4. The molecule has 0 bridgehead atoms. The predicted molar refractivity (Wildman–Crippen MR) is 94.1 cm³/mol. The average molecular weight is 370 g/mol. The zero-order chi connectivity index (χ0) is 20.0. The van der Waals surface area contributed by atoms with E-state index in [1.807, 2.05) is 4.90 Å². The third-order valence-electron chi connectivity index (χ3n) is 5.26. The fourth-order valence-electron chi connectivity index (χ4n) is 3.85. The first kappa shape index (κ1) is 16.2. The Morgan fingerprint density at radius 3 is 2.67 bits per heavy atom. The summed E-state index contributed by atoms with van der Waals surface area (Å²) in [6.45, 7) is 0.964. The van der Waals surface area contributed by atoms with E-state index < -0.39 is 42.0 Å².